The van der Waals surface area contributed by atoms with Crippen LogP contribution in [0, 0.1) is 0 Å². The number of alkyl carbamates (subject to hydrolysis) is 1. The number of nitrogens with one attached hydrogen (secondary N) is 2. The molecule has 0 radical (unpaired) electrons. The lowest BCUT2D eigenvalue weighted by Crippen LogP contribution is -2.41. The Morgan fingerprint density at radius 2 is 2.04 bits per heavy atom. The molecule has 24 heavy (non-hydrogen) atoms. The minimum Gasteiger partial charge on any atom is -0.444 e. The van der Waals surface area contributed by atoms with Crippen LogP contribution in [-0.4, -0.2) is 32.3 Å². The zero-order valence-electron chi connectivity index (χ0n) is 14.3. The van der Waals surface area contributed by atoms with Gasteiger partial charge in [-0.05, 0) is 58.6 Å². The van der Waals surface area contributed by atoms with Gasteiger partial charge in [0.2, 0.25) is 0 Å². The molecule has 0 aromatic carbocycles. The SMILES string of the molecule is CC(C)(C)OC(=O)NC1CCC(n2c(=O)[nH]c3cccnc32)CC1. The molecule has 2 aromatic heterocycles. The number of amides is 1. The number of H-pyrrole nitrogens is 1. The van der Waals surface area contributed by atoms with Gasteiger partial charge in [-0.15, -0.1) is 0 Å². The summed E-state index contributed by atoms with van der Waals surface area (Å²) in [5.74, 6) is 0. The van der Waals surface area contributed by atoms with Crippen LogP contribution in [0.2, 0.25) is 0 Å². The van der Waals surface area contributed by atoms with Crippen molar-refractivity contribution in [1.82, 2.24) is 19.9 Å². The topological polar surface area (TPSA) is 89.0 Å². The molecule has 0 aliphatic heterocycles. The van der Waals surface area contributed by atoms with Crippen molar-refractivity contribution in [3.8, 4) is 0 Å². The summed E-state index contributed by atoms with van der Waals surface area (Å²) in [6.07, 6.45) is 4.60. The predicted molar refractivity (Wildman–Crippen MR) is 91.0 cm³/mol. The fraction of sp³-hybridized carbons (Fsp3) is 0.588. The van der Waals surface area contributed by atoms with Gasteiger partial charge in [0.05, 0.1) is 5.52 Å². The van der Waals surface area contributed by atoms with E-state index < -0.39 is 5.60 Å². The van der Waals surface area contributed by atoms with Crippen molar-refractivity contribution in [2.24, 2.45) is 0 Å². The van der Waals surface area contributed by atoms with E-state index in [2.05, 4.69) is 15.3 Å². The van der Waals surface area contributed by atoms with Gasteiger partial charge in [0, 0.05) is 18.3 Å². The van der Waals surface area contributed by atoms with Crippen molar-refractivity contribution < 1.29 is 9.53 Å². The van der Waals surface area contributed by atoms with E-state index in [-0.39, 0.29) is 23.9 Å². The first-order valence-corrected chi connectivity index (χ1v) is 8.38. The van der Waals surface area contributed by atoms with Crippen LogP contribution < -0.4 is 11.0 Å². The summed E-state index contributed by atoms with van der Waals surface area (Å²) in [6, 6.07) is 3.86. The number of pyridine rings is 1. The van der Waals surface area contributed by atoms with E-state index in [0.29, 0.717) is 5.65 Å². The number of rotatable bonds is 2. The number of hydrogen-bond donors (Lipinski definition) is 2. The second-order valence-electron chi connectivity index (χ2n) is 7.33. The largest absolute Gasteiger partial charge is 0.444 e. The van der Waals surface area contributed by atoms with Gasteiger partial charge in [0.15, 0.2) is 5.65 Å². The second kappa shape index (κ2) is 6.30. The number of carbonyl (C=O) groups excluding carboxylic acids is 1. The Balaban J connectivity index is 1.64. The lowest BCUT2D eigenvalue weighted by Gasteiger charge is -2.30. The number of aromatic nitrogens is 3. The first-order chi connectivity index (χ1) is 11.3. The summed E-state index contributed by atoms with van der Waals surface area (Å²) in [7, 11) is 0. The van der Waals surface area contributed by atoms with E-state index >= 15 is 0 Å². The molecule has 3 rings (SSSR count). The fourth-order valence-corrected chi connectivity index (χ4v) is 3.25. The zero-order valence-corrected chi connectivity index (χ0v) is 14.3. The van der Waals surface area contributed by atoms with Crippen molar-refractivity contribution in [3.63, 3.8) is 0 Å². The smallest absolute Gasteiger partial charge is 0.407 e. The molecule has 0 unspecified atom stereocenters. The van der Waals surface area contributed by atoms with Crippen LogP contribution in [-0.2, 0) is 4.74 Å². The quantitative estimate of drug-likeness (QED) is 0.885. The highest BCUT2D eigenvalue weighted by Crippen LogP contribution is 2.29. The molecular weight excluding hydrogens is 308 g/mol. The van der Waals surface area contributed by atoms with Gasteiger partial charge in [-0.1, -0.05) is 0 Å². The third kappa shape index (κ3) is 3.60. The Morgan fingerprint density at radius 3 is 2.71 bits per heavy atom. The van der Waals surface area contributed by atoms with Crippen LogP contribution in [0.25, 0.3) is 11.2 Å². The maximum absolute atomic E-state index is 12.2. The van der Waals surface area contributed by atoms with Gasteiger partial charge >= 0.3 is 11.8 Å². The van der Waals surface area contributed by atoms with E-state index in [1.54, 1.807) is 10.8 Å². The highest BCUT2D eigenvalue weighted by molar-refractivity contribution is 5.70. The first-order valence-electron chi connectivity index (χ1n) is 8.38. The molecule has 7 heteroatoms. The summed E-state index contributed by atoms with van der Waals surface area (Å²) in [4.78, 5) is 31.3. The number of ether oxygens (including phenoxy) is 1. The van der Waals surface area contributed by atoms with Crippen molar-refractivity contribution >= 4 is 17.3 Å². The van der Waals surface area contributed by atoms with Crippen LogP contribution in [0.3, 0.4) is 0 Å². The summed E-state index contributed by atoms with van der Waals surface area (Å²) in [5.41, 5.74) is 0.847. The predicted octanol–water partition coefficient (Wildman–Crippen LogP) is 2.73. The number of nitrogens with zero attached hydrogens (tertiary/aromatic N) is 2. The number of imidazole rings is 1. The van der Waals surface area contributed by atoms with Crippen molar-refractivity contribution in [2.45, 2.75) is 64.1 Å². The molecular formula is C17H24N4O3. The molecule has 0 bridgehead atoms. The molecule has 1 fully saturated rings. The summed E-state index contributed by atoms with van der Waals surface area (Å²) >= 11 is 0. The highest BCUT2D eigenvalue weighted by Gasteiger charge is 2.27. The van der Waals surface area contributed by atoms with E-state index in [9.17, 15) is 9.59 Å². The number of aromatic amines is 1. The molecule has 1 aliphatic rings. The summed E-state index contributed by atoms with van der Waals surface area (Å²) in [5, 5.41) is 2.92. The lowest BCUT2D eigenvalue weighted by molar-refractivity contribution is 0.0488. The molecule has 2 N–H and O–H groups in total. The fourth-order valence-electron chi connectivity index (χ4n) is 3.25. The zero-order chi connectivity index (χ0) is 17.3. The molecule has 0 atom stereocenters. The monoisotopic (exact) mass is 332 g/mol. The van der Waals surface area contributed by atoms with E-state index in [4.69, 9.17) is 4.74 Å². The normalized spacial score (nSPS) is 21.6. The minimum absolute atomic E-state index is 0.0879. The maximum Gasteiger partial charge on any atom is 0.407 e. The van der Waals surface area contributed by atoms with Gasteiger partial charge in [-0.2, -0.15) is 0 Å². The Kier molecular flexibility index (Phi) is 4.34. The standard InChI is InChI=1S/C17H24N4O3/c1-17(2,3)24-16(23)19-11-6-8-12(9-7-11)21-14-13(20-15(21)22)5-4-10-18-14/h4-5,10-12H,6-9H2,1-3H3,(H,19,23)(H,20,22). The molecule has 0 spiro atoms. The minimum atomic E-state index is -0.496. The molecule has 2 heterocycles. The maximum atomic E-state index is 12.2. The van der Waals surface area contributed by atoms with Crippen molar-refractivity contribution in [3.05, 3.63) is 28.8 Å². The Labute approximate surface area is 140 Å². The number of fused-ring (bicyclic) bond motifs is 1. The molecule has 2 aromatic rings. The van der Waals surface area contributed by atoms with Crippen LogP contribution in [0.1, 0.15) is 52.5 Å². The molecule has 0 saturated heterocycles. The van der Waals surface area contributed by atoms with Crippen LogP contribution >= 0.6 is 0 Å². The van der Waals surface area contributed by atoms with Gasteiger partial charge in [0.1, 0.15) is 5.60 Å². The molecule has 1 saturated carbocycles. The first kappa shape index (κ1) is 16.5. The van der Waals surface area contributed by atoms with E-state index in [1.807, 2.05) is 32.9 Å². The van der Waals surface area contributed by atoms with Gasteiger partial charge in [-0.3, -0.25) is 4.57 Å². The van der Waals surface area contributed by atoms with Gasteiger partial charge in [-0.25, -0.2) is 14.6 Å². The van der Waals surface area contributed by atoms with Crippen LogP contribution in [0.5, 0.6) is 0 Å². The Bertz CT molecular complexity index is 779. The Morgan fingerprint density at radius 1 is 1.33 bits per heavy atom. The molecule has 1 aliphatic carbocycles. The Hall–Kier alpha value is -2.31. The van der Waals surface area contributed by atoms with Crippen molar-refractivity contribution in [2.75, 3.05) is 0 Å². The van der Waals surface area contributed by atoms with Crippen molar-refractivity contribution in [1.29, 1.82) is 0 Å². The van der Waals surface area contributed by atoms with Gasteiger partial charge < -0.3 is 15.0 Å². The number of carbonyl (C=O) groups is 1. The van der Waals surface area contributed by atoms with Crippen LogP contribution in [0.4, 0.5) is 4.79 Å². The van der Waals surface area contributed by atoms with E-state index in [0.717, 1.165) is 31.2 Å². The average Bonchev–Trinajstić information content (AvgIpc) is 2.82. The third-order valence-electron chi connectivity index (χ3n) is 4.26. The molecule has 7 nitrogen and oxygen atoms in total. The van der Waals surface area contributed by atoms with Gasteiger partial charge in [0.25, 0.3) is 0 Å². The lowest BCUT2D eigenvalue weighted by atomic mass is 9.91. The summed E-state index contributed by atoms with van der Waals surface area (Å²) < 4.78 is 7.05. The second-order valence-corrected chi connectivity index (χ2v) is 7.33. The van der Waals surface area contributed by atoms with Crippen LogP contribution in [0.15, 0.2) is 23.1 Å². The molecule has 1 amide bonds. The molecule has 130 valence electrons. The average molecular weight is 332 g/mol. The highest BCUT2D eigenvalue weighted by atomic mass is 16.6. The summed E-state index contributed by atoms with van der Waals surface area (Å²) in [6.45, 7) is 5.54. The third-order valence-corrected chi connectivity index (χ3v) is 4.26. The number of hydrogen-bond acceptors (Lipinski definition) is 4. The van der Waals surface area contributed by atoms with E-state index in [1.165, 1.54) is 0 Å².